The number of aromatic nitrogens is 2. The van der Waals surface area contributed by atoms with Crippen LogP contribution < -0.4 is 21.0 Å². The van der Waals surface area contributed by atoms with Gasteiger partial charge >= 0.3 is 19.4 Å². The van der Waals surface area contributed by atoms with Gasteiger partial charge in [-0.3, -0.25) is 13.9 Å². The molecule has 210 valence electrons. The molecule has 1 aliphatic heterocycles. The number of carbonyl (C=O) groups excluding carboxylic acids is 1. The lowest BCUT2D eigenvalue weighted by Crippen LogP contribution is -2.47. The molecule has 0 radical (unpaired) electrons. The number of nitrogens with two attached hydrogens (primary N) is 1. The second kappa shape index (κ2) is 12.1. The number of anilines is 1. The highest BCUT2D eigenvalue weighted by Crippen LogP contribution is 2.50. The van der Waals surface area contributed by atoms with Crippen molar-refractivity contribution < 1.29 is 37.4 Å². The molecule has 4 N–H and O–H groups in total. The van der Waals surface area contributed by atoms with Crippen LogP contribution in [0.25, 0.3) is 0 Å². The zero-order valence-electron chi connectivity index (χ0n) is 21.2. The van der Waals surface area contributed by atoms with Crippen LogP contribution in [0.4, 0.5) is 10.2 Å². The molecule has 2 aromatic rings. The number of nitrogens with zero attached hydrogens (tertiary/aromatic N) is 2. The van der Waals surface area contributed by atoms with Gasteiger partial charge in [0.25, 0.3) is 0 Å². The Bertz CT molecular complexity index is 1220. The van der Waals surface area contributed by atoms with Crippen molar-refractivity contribution in [2.45, 2.75) is 69.3 Å². The summed E-state index contributed by atoms with van der Waals surface area (Å²) in [5.74, 6) is -0.632. The molecule has 15 heteroatoms. The molecule has 0 bridgehead atoms. The van der Waals surface area contributed by atoms with Crippen molar-refractivity contribution in [2.24, 2.45) is 0 Å². The molecule has 1 saturated heterocycles. The maximum Gasteiger partial charge on any atom is 0.459 e. The van der Waals surface area contributed by atoms with Gasteiger partial charge in [-0.15, -0.1) is 11.6 Å². The summed E-state index contributed by atoms with van der Waals surface area (Å²) in [6.07, 6.45) is -5.10. The van der Waals surface area contributed by atoms with Gasteiger partial charge in [-0.25, -0.2) is 13.8 Å². The molecule has 1 fully saturated rings. The minimum Gasteiger partial charge on any atom is -0.462 e. The van der Waals surface area contributed by atoms with E-state index >= 15 is 0 Å². The number of para-hydroxylation sites is 1. The van der Waals surface area contributed by atoms with E-state index in [0.717, 1.165) is 4.57 Å². The van der Waals surface area contributed by atoms with Crippen LogP contribution in [0.15, 0.2) is 47.4 Å². The molecule has 2 heterocycles. The Morgan fingerprint density at radius 1 is 1.32 bits per heavy atom. The molecule has 38 heavy (non-hydrogen) atoms. The predicted molar refractivity (Wildman–Crippen MR) is 136 cm³/mol. The Balaban J connectivity index is 1.88. The van der Waals surface area contributed by atoms with Crippen molar-refractivity contribution in [1.82, 2.24) is 14.6 Å². The summed E-state index contributed by atoms with van der Waals surface area (Å²) in [5, 5.41) is 13.5. The van der Waals surface area contributed by atoms with Gasteiger partial charge in [0.1, 0.15) is 41.4 Å². The first-order valence-electron chi connectivity index (χ1n) is 11.7. The van der Waals surface area contributed by atoms with Crippen LogP contribution in [0.5, 0.6) is 5.75 Å². The van der Waals surface area contributed by atoms with E-state index in [-0.39, 0.29) is 11.6 Å². The summed E-state index contributed by atoms with van der Waals surface area (Å²) in [5.41, 5.74) is 4.64. The lowest BCUT2D eigenvalue weighted by molar-refractivity contribution is -0.149. The molecule has 12 nitrogen and oxygen atoms in total. The zero-order chi connectivity index (χ0) is 28.3. The average Bonchev–Trinajstić information content (AvgIpc) is 3.10. The van der Waals surface area contributed by atoms with E-state index in [9.17, 15) is 23.7 Å². The Hall–Kier alpha value is -2.54. The number of nitrogens with one attached hydrogen (secondary N) is 1. The number of carbonyl (C=O) groups is 1. The summed E-state index contributed by atoms with van der Waals surface area (Å²) in [4.78, 5) is 26.2. The molecular formula is C23H31ClFN4O8P. The monoisotopic (exact) mass is 576 g/mol. The van der Waals surface area contributed by atoms with Crippen LogP contribution >= 0.6 is 19.3 Å². The van der Waals surface area contributed by atoms with Gasteiger partial charge in [-0.1, -0.05) is 18.2 Å². The summed E-state index contributed by atoms with van der Waals surface area (Å²) < 4.78 is 51.2. The Labute approximate surface area is 223 Å². The SMILES string of the molecule is CC(C)OC(=O)[C@H](C)N[P@@](=O)(Oc1ccccc1)O[C@@H](C)[C@H]1O[C@@H](n2ccc(N)nc2=O)[C@@](Cl)(CF)C1O. The Morgan fingerprint density at radius 3 is 2.55 bits per heavy atom. The van der Waals surface area contributed by atoms with E-state index in [0.29, 0.717) is 0 Å². The second-order valence-corrected chi connectivity index (χ2v) is 11.4. The minimum atomic E-state index is -4.36. The number of rotatable bonds is 11. The summed E-state index contributed by atoms with van der Waals surface area (Å²) in [6.45, 7) is 4.81. The molecule has 7 atom stereocenters. The number of halogens is 2. The summed E-state index contributed by atoms with van der Waals surface area (Å²) in [6, 6.07) is 8.17. The van der Waals surface area contributed by atoms with E-state index in [2.05, 4.69) is 10.1 Å². The number of ether oxygens (including phenoxy) is 2. The number of nitrogen functional groups attached to an aromatic ring is 1. The van der Waals surface area contributed by atoms with E-state index in [4.69, 9.17) is 35.9 Å². The maximum atomic E-state index is 14.2. The number of aliphatic hydroxyl groups excluding tert-OH is 1. The lowest BCUT2D eigenvalue weighted by Gasteiger charge is -2.30. The van der Waals surface area contributed by atoms with Gasteiger partial charge in [0.05, 0.1) is 12.2 Å². The predicted octanol–water partition coefficient (Wildman–Crippen LogP) is 2.55. The van der Waals surface area contributed by atoms with Gasteiger partial charge in [-0.05, 0) is 45.9 Å². The van der Waals surface area contributed by atoms with Gasteiger partial charge < -0.3 is 24.8 Å². The third-order valence-electron chi connectivity index (χ3n) is 5.60. The fourth-order valence-electron chi connectivity index (χ4n) is 3.77. The highest BCUT2D eigenvalue weighted by atomic mass is 35.5. The quantitative estimate of drug-likeness (QED) is 0.204. The number of alkyl halides is 2. The van der Waals surface area contributed by atoms with Crippen molar-refractivity contribution in [3.8, 4) is 5.75 Å². The summed E-state index contributed by atoms with van der Waals surface area (Å²) >= 11 is 6.43. The lowest BCUT2D eigenvalue weighted by atomic mass is 9.97. The van der Waals surface area contributed by atoms with Crippen LogP contribution in [0.2, 0.25) is 0 Å². The van der Waals surface area contributed by atoms with Crippen LogP contribution in [0, 0.1) is 0 Å². The molecule has 1 aliphatic rings. The molecule has 0 amide bonds. The fourth-order valence-corrected chi connectivity index (χ4v) is 5.74. The Morgan fingerprint density at radius 2 is 1.97 bits per heavy atom. The van der Waals surface area contributed by atoms with E-state index in [1.54, 1.807) is 32.0 Å². The minimum absolute atomic E-state index is 0.0753. The molecule has 0 saturated carbocycles. The third kappa shape index (κ3) is 6.71. The van der Waals surface area contributed by atoms with Gasteiger partial charge in [0, 0.05) is 6.20 Å². The first-order valence-corrected chi connectivity index (χ1v) is 13.7. The smallest absolute Gasteiger partial charge is 0.459 e. The largest absolute Gasteiger partial charge is 0.462 e. The van der Waals surface area contributed by atoms with Gasteiger partial charge in [0.15, 0.2) is 6.23 Å². The molecule has 0 spiro atoms. The molecule has 1 aromatic heterocycles. The van der Waals surface area contributed by atoms with Crippen molar-refractivity contribution in [3.05, 3.63) is 53.1 Å². The van der Waals surface area contributed by atoms with E-state index in [1.807, 2.05) is 0 Å². The fraction of sp³-hybridized carbons (Fsp3) is 0.522. The second-order valence-electron chi connectivity index (χ2n) is 9.05. The first kappa shape index (κ1) is 30.0. The number of aliphatic hydroxyl groups is 1. The molecule has 1 unspecified atom stereocenters. The highest BCUT2D eigenvalue weighted by molar-refractivity contribution is 7.52. The molecular weight excluding hydrogens is 546 g/mol. The van der Waals surface area contributed by atoms with Crippen molar-refractivity contribution in [2.75, 3.05) is 12.4 Å². The maximum absolute atomic E-state index is 14.2. The van der Waals surface area contributed by atoms with Crippen molar-refractivity contribution in [3.63, 3.8) is 0 Å². The number of hydrogen-bond acceptors (Lipinski definition) is 10. The third-order valence-corrected chi connectivity index (χ3v) is 7.88. The summed E-state index contributed by atoms with van der Waals surface area (Å²) in [7, 11) is -4.36. The van der Waals surface area contributed by atoms with Crippen LogP contribution in [0.3, 0.4) is 0 Å². The van der Waals surface area contributed by atoms with Crippen molar-refractivity contribution >= 4 is 31.1 Å². The molecule has 3 rings (SSSR count). The number of benzene rings is 1. The number of hydrogen-bond donors (Lipinski definition) is 3. The van der Waals surface area contributed by atoms with Crippen LogP contribution in [-0.4, -0.2) is 62.6 Å². The zero-order valence-corrected chi connectivity index (χ0v) is 22.8. The topological polar surface area (TPSA) is 164 Å². The van der Waals surface area contributed by atoms with Crippen molar-refractivity contribution in [1.29, 1.82) is 0 Å². The molecule has 1 aromatic carbocycles. The average molecular weight is 577 g/mol. The Kier molecular flexibility index (Phi) is 9.56. The van der Waals surface area contributed by atoms with E-state index in [1.165, 1.54) is 38.2 Å². The first-order chi connectivity index (χ1) is 17.8. The van der Waals surface area contributed by atoms with Crippen LogP contribution in [0.1, 0.15) is 33.9 Å². The normalized spacial score (nSPS) is 26.5. The van der Waals surface area contributed by atoms with Gasteiger partial charge in [-0.2, -0.15) is 10.1 Å². The van der Waals surface area contributed by atoms with E-state index < -0.39 is 67.6 Å². The highest BCUT2D eigenvalue weighted by Gasteiger charge is 2.59. The standard InChI is InChI=1S/C23H31ClFN4O8P/c1-13(2)34-20(31)14(3)28-38(33,37-16-8-6-5-7-9-16)36-15(4)18-19(30)23(24,12-25)21(35-18)29-11-10-17(26)27-22(29)32/h5-11,13-15,18-19,21,30H,12H2,1-4H3,(H,28,33)(H2,26,27,32)/t14-,15-,18+,19?,21+,23+,38-/m0/s1. The molecule has 0 aliphatic carbocycles. The number of esters is 1. The van der Waals surface area contributed by atoms with Gasteiger partial charge in [0.2, 0.25) is 0 Å². The van der Waals surface area contributed by atoms with Crippen LogP contribution in [-0.2, 0) is 23.4 Å².